The quantitative estimate of drug-likeness (QED) is 0.146. The van der Waals surface area contributed by atoms with Crippen molar-refractivity contribution in [1.82, 2.24) is 14.5 Å². The third-order valence-corrected chi connectivity index (χ3v) is 7.57. The van der Waals surface area contributed by atoms with Crippen molar-refractivity contribution in [2.45, 2.75) is 106 Å². The van der Waals surface area contributed by atoms with Crippen molar-refractivity contribution < 1.29 is 14.7 Å². The number of benzene rings is 1. The van der Waals surface area contributed by atoms with E-state index in [0.717, 1.165) is 62.1 Å². The van der Waals surface area contributed by atoms with Gasteiger partial charge in [0.25, 0.3) is 5.91 Å². The maximum atomic E-state index is 13.1. The summed E-state index contributed by atoms with van der Waals surface area (Å²) in [6.07, 6.45) is 17.9. The van der Waals surface area contributed by atoms with Crippen molar-refractivity contribution >= 4 is 28.5 Å². The van der Waals surface area contributed by atoms with Crippen molar-refractivity contribution in [3.8, 4) is 0 Å². The van der Waals surface area contributed by atoms with Crippen LogP contribution in [-0.2, 0) is 4.79 Å². The molecule has 1 aliphatic rings. The van der Waals surface area contributed by atoms with E-state index in [4.69, 9.17) is 4.98 Å². The van der Waals surface area contributed by atoms with Crippen molar-refractivity contribution in [1.29, 1.82) is 0 Å². The number of hydrogen-bond acceptors (Lipinski definition) is 3. The summed E-state index contributed by atoms with van der Waals surface area (Å²) in [6.45, 7) is 29.2. The summed E-state index contributed by atoms with van der Waals surface area (Å²) < 4.78 is 2.26. The van der Waals surface area contributed by atoms with Crippen LogP contribution < -0.4 is 0 Å². The molecule has 3 rings (SSSR count). The highest BCUT2D eigenvalue weighted by Gasteiger charge is 2.24. The summed E-state index contributed by atoms with van der Waals surface area (Å²) in [7, 11) is 0. The fourth-order valence-electron chi connectivity index (χ4n) is 4.88. The van der Waals surface area contributed by atoms with Gasteiger partial charge in [0.15, 0.2) is 0 Å². The van der Waals surface area contributed by atoms with Gasteiger partial charge in [-0.25, -0.2) is 9.78 Å². The number of amides is 1. The van der Waals surface area contributed by atoms with Crippen LogP contribution in [-0.4, -0.2) is 44.5 Å². The van der Waals surface area contributed by atoms with Crippen LogP contribution in [0.2, 0.25) is 0 Å². The molecule has 1 aromatic heterocycles. The van der Waals surface area contributed by atoms with Crippen LogP contribution in [0.4, 0.5) is 0 Å². The summed E-state index contributed by atoms with van der Waals surface area (Å²) in [5, 5.41) is 9.40. The minimum atomic E-state index is -0.956. The van der Waals surface area contributed by atoms with Crippen LogP contribution in [0, 0.1) is 0 Å². The number of hydrogen-bond donors (Lipinski definition) is 1. The van der Waals surface area contributed by atoms with E-state index in [9.17, 15) is 14.7 Å². The van der Waals surface area contributed by atoms with Crippen LogP contribution in [0.15, 0.2) is 86.0 Å². The van der Waals surface area contributed by atoms with Gasteiger partial charge in [0.05, 0.1) is 16.6 Å². The van der Waals surface area contributed by atoms with Gasteiger partial charge in [-0.15, -0.1) is 19.7 Å². The summed E-state index contributed by atoms with van der Waals surface area (Å²) in [4.78, 5) is 31.3. The minimum Gasteiger partial charge on any atom is -0.478 e. The first-order valence-corrected chi connectivity index (χ1v) is 16.4. The molecule has 6 nitrogen and oxygen atoms in total. The highest BCUT2D eigenvalue weighted by Crippen LogP contribution is 2.35. The lowest BCUT2D eigenvalue weighted by Crippen LogP contribution is -2.33. The zero-order valence-electron chi connectivity index (χ0n) is 29.2. The first-order chi connectivity index (χ1) is 21.6. The number of imidazole rings is 1. The highest BCUT2D eigenvalue weighted by atomic mass is 16.4. The molecule has 1 saturated carbocycles. The maximum Gasteiger partial charge on any atom is 0.335 e. The summed E-state index contributed by atoms with van der Waals surface area (Å²) in [6, 6.07) is 5.50. The van der Waals surface area contributed by atoms with Crippen molar-refractivity contribution in [3.63, 3.8) is 0 Å². The predicted octanol–water partition coefficient (Wildman–Crippen LogP) is 10.8. The molecule has 2 aromatic rings. The molecule has 1 N–H and O–H groups in total. The zero-order valence-corrected chi connectivity index (χ0v) is 29.2. The number of carbonyl (C=O) groups is 2. The molecule has 248 valence electrons. The lowest BCUT2D eigenvalue weighted by atomic mass is 10.1. The molecule has 45 heavy (non-hydrogen) atoms. The van der Waals surface area contributed by atoms with Gasteiger partial charge in [-0.05, 0) is 89.6 Å². The van der Waals surface area contributed by atoms with E-state index in [0.29, 0.717) is 17.1 Å². The Kier molecular flexibility index (Phi) is 21.4. The molecular formula is C39H59N3O3. The monoisotopic (exact) mass is 617 g/mol. The normalized spacial score (nSPS) is 13.4. The summed E-state index contributed by atoms with van der Waals surface area (Å²) >= 11 is 0. The highest BCUT2D eigenvalue weighted by molar-refractivity contribution is 5.97. The fraction of sp³-hybridized carbons (Fsp3) is 0.462. The molecule has 0 unspecified atom stereocenters. The standard InChI is InChI=1S/C28H37N3O3.C6H12.C3H6.C2H4/c1-5-8-18-30(17-6-2)27(32)21(7-3)14-13-20(4)26-29-24-19-22(28(33)34)15-16-25(24)31(26)23-11-9-10-12-23;1-4-6(3)5-2;1-3-2;1-2/h7,13-16,19,23H,3,5-6,8-12,17-18H2,1-2,4H3,(H,33,34);4H,5H2,1-3H3;3H,1H2,2H3;1-2H2/b20-13+,21-14+;6-4+;;. The molecule has 1 aromatic carbocycles. The van der Waals surface area contributed by atoms with Gasteiger partial charge in [0.2, 0.25) is 0 Å². The number of allylic oxidation sites excluding steroid dienone is 6. The Bertz CT molecular complexity index is 1310. The van der Waals surface area contributed by atoms with Crippen molar-refractivity contribution in [3.05, 3.63) is 97.4 Å². The second kappa shape index (κ2) is 23.5. The first kappa shape index (κ1) is 41.1. The molecule has 6 heteroatoms. The van der Waals surface area contributed by atoms with Crippen molar-refractivity contribution in [2.24, 2.45) is 0 Å². The Balaban J connectivity index is 0.00000153. The molecule has 0 aliphatic heterocycles. The van der Waals surface area contributed by atoms with Crippen LogP contribution in [0.25, 0.3) is 16.6 Å². The number of carboxylic acids is 1. The number of nitrogens with zero attached hydrogens (tertiary/aromatic N) is 3. The van der Waals surface area contributed by atoms with Gasteiger partial charge in [-0.3, -0.25) is 4.79 Å². The average Bonchev–Trinajstić information content (AvgIpc) is 3.72. The molecule has 1 aliphatic carbocycles. The molecule has 0 radical (unpaired) electrons. The van der Waals surface area contributed by atoms with Crippen LogP contribution in [0.5, 0.6) is 0 Å². The molecule has 1 heterocycles. The van der Waals surface area contributed by atoms with Crippen LogP contribution >= 0.6 is 0 Å². The lowest BCUT2D eigenvalue weighted by molar-refractivity contribution is -0.126. The Labute approximate surface area is 273 Å². The van der Waals surface area contributed by atoms with Crippen LogP contribution in [0.1, 0.15) is 122 Å². The number of unbranched alkanes of at least 4 members (excludes halogenated alkanes) is 1. The molecule has 0 saturated heterocycles. The SMILES string of the molecule is C/C=C(\C)CC.C=C.C=C/C(=C\C=C(/C)c1nc2cc(C(=O)O)ccc2n1C1CCCC1)C(=O)N(CCC)CCCC.C=CC. The largest absolute Gasteiger partial charge is 0.478 e. The van der Waals surface area contributed by atoms with Gasteiger partial charge < -0.3 is 14.6 Å². The van der Waals surface area contributed by atoms with Crippen molar-refractivity contribution in [2.75, 3.05) is 13.1 Å². The first-order valence-electron chi connectivity index (χ1n) is 16.4. The smallest absolute Gasteiger partial charge is 0.335 e. The maximum absolute atomic E-state index is 13.1. The molecular weight excluding hydrogens is 558 g/mol. The predicted molar refractivity (Wildman–Crippen MR) is 195 cm³/mol. The molecule has 0 bridgehead atoms. The molecule has 0 atom stereocenters. The summed E-state index contributed by atoms with van der Waals surface area (Å²) in [5.41, 5.74) is 4.85. The second-order valence-electron chi connectivity index (χ2n) is 11.0. The summed E-state index contributed by atoms with van der Waals surface area (Å²) in [5.74, 6) is -0.124. The average molecular weight is 618 g/mol. The Morgan fingerprint density at radius 2 is 1.64 bits per heavy atom. The number of aromatic carboxylic acids is 1. The van der Waals surface area contributed by atoms with Crippen LogP contribution in [0.3, 0.4) is 0 Å². The van der Waals surface area contributed by atoms with E-state index in [1.165, 1.54) is 24.8 Å². The lowest BCUT2D eigenvalue weighted by Gasteiger charge is -2.22. The number of rotatable bonds is 12. The van der Waals surface area contributed by atoms with E-state index in [-0.39, 0.29) is 11.5 Å². The second-order valence-corrected chi connectivity index (χ2v) is 11.0. The minimum absolute atomic E-state index is 0.00439. The van der Waals surface area contributed by atoms with Gasteiger partial charge in [-0.1, -0.05) is 76.5 Å². The Morgan fingerprint density at radius 1 is 1.02 bits per heavy atom. The fourth-order valence-corrected chi connectivity index (χ4v) is 4.88. The third kappa shape index (κ3) is 13.3. The third-order valence-electron chi connectivity index (χ3n) is 7.57. The Hall–Kier alpha value is -3.93. The molecule has 0 spiro atoms. The Morgan fingerprint density at radius 3 is 2.11 bits per heavy atom. The zero-order chi connectivity index (χ0) is 34.4. The van der Waals surface area contributed by atoms with E-state index >= 15 is 0 Å². The topological polar surface area (TPSA) is 75.4 Å². The number of carboxylic acid groups (broad SMARTS) is 1. The molecule has 1 fully saturated rings. The van der Waals surface area contributed by atoms with E-state index < -0.39 is 5.97 Å². The van der Waals surface area contributed by atoms with E-state index in [1.54, 1.807) is 24.3 Å². The number of fused-ring (bicyclic) bond motifs is 1. The van der Waals surface area contributed by atoms with Gasteiger partial charge in [-0.2, -0.15) is 0 Å². The van der Waals surface area contributed by atoms with Gasteiger partial charge >= 0.3 is 5.97 Å². The number of aromatic nitrogens is 2. The number of carbonyl (C=O) groups excluding carboxylic acids is 1. The van der Waals surface area contributed by atoms with Gasteiger partial charge in [0.1, 0.15) is 5.82 Å². The van der Waals surface area contributed by atoms with E-state index in [1.807, 2.05) is 37.0 Å². The van der Waals surface area contributed by atoms with Gasteiger partial charge in [0, 0.05) is 24.7 Å². The molecule has 1 amide bonds. The van der Waals surface area contributed by atoms with E-state index in [2.05, 4.69) is 71.6 Å².